The van der Waals surface area contributed by atoms with Crippen LogP contribution >= 0.6 is 0 Å². The zero-order chi connectivity index (χ0) is 39.9. The van der Waals surface area contributed by atoms with Crippen LogP contribution in [0.25, 0.3) is 87.7 Å². The zero-order valence-electron chi connectivity index (χ0n) is 32.0. The number of hydrogen-bond acceptors (Lipinski definition) is 4. The second-order valence-electron chi connectivity index (χ2n) is 15.1. The van der Waals surface area contributed by atoms with Crippen LogP contribution in [0.1, 0.15) is 11.1 Å². The second kappa shape index (κ2) is 13.0. The highest BCUT2D eigenvalue weighted by atomic mass is 16.3. The lowest BCUT2D eigenvalue weighted by atomic mass is 10.0. The van der Waals surface area contributed by atoms with Crippen molar-refractivity contribution in [3.8, 4) is 23.5 Å². The van der Waals surface area contributed by atoms with Gasteiger partial charge in [0.15, 0.2) is 5.58 Å². The number of para-hydroxylation sites is 4. The average Bonchev–Trinajstić information content (AvgIpc) is 3.97. The van der Waals surface area contributed by atoms with Crippen LogP contribution in [0.5, 0.6) is 0 Å². The van der Waals surface area contributed by atoms with Gasteiger partial charge >= 0.3 is 0 Å². The van der Waals surface area contributed by atoms with E-state index in [1.807, 2.05) is 54.6 Å². The van der Waals surface area contributed by atoms with Gasteiger partial charge in [0.05, 0.1) is 44.6 Å². The van der Waals surface area contributed by atoms with E-state index < -0.39 is 0 Å². The van der Waals surface area contributed by atoms with E-state index in [4.69, 9.17) is 4.42 Å². The molecule has 9 aromatic carbocycles. The lowest BCUT2D eigenvalue weighted by Gasteiger charge is -2.25. The molecule has 3 heterocycles. The zero-order valence-corrected chi connectivity index (χ0v) is 32.0. The highest BCUT2D eigenvalue weighted by molar-refractivity contribution is 6.23. The molecule has 0 unspecified atom stereocenters. The molecule has 0 fully saturated rings. The average molecular weight is 766 g/mol. The molecule has 3 aromatic heterocycles. The molecule has 0 spiro atoms. The van der Waals surface area contributed by atoms with E-state index in [9.17, 15) is 10.5 Å². The summed E-state index contributed by atoms with van der Waals surface area (Å²) in [7, 11) is 0. The Morgan fingerprint density at radius 3 is 1.73 bits per heavy atom. The largest absolute Gasteiger partial charge is 0.454 e. The van der Waals surface area contributed by atoms with Crippen molar-refractivity contribution in [2.75, 3.05) is 4.90 Å². The summed E-state index contributed by atoms with van der Waals surface area (Å²) in [5.74, 6) is 0. The van der Waals surface area contributed by atoms with Gasteiger partial charge in [-0.3, -0.25) is 0 Å². The Kier molecular flexibility index (Phi) is 7.26. The maximum absolute atomic E-state index is 11.1. The molecule has 0 amide bonds. The van der Waals surface area contributed by atoms with Gasteiger partial charge in [0.25, 0.3) is 0 Å². The van der Waals surface area contributed by atoms with Gasteiger partial charge in [-0.05, 0) is 89.6 Å². The fourth-order valence-corrected chi connectivity index (χ4v) is 9.38. The molecule has 0 saturated carbocycles. The van der Waals surface area contributed by atoms with E-state index in [1.165, 1.54) is 0 Å². The van der Waals surface area contributed by atoms with Crippen LogP contribution in [-0.2, 0) is 0 Å². The van der Waals surface area contributed by atoms with Crippen molar-refractivity contribution in [1.82, 2.24) is 9.13 Å². The predicted octanol–water partition coefficient (Wildman–Crippen LogP) is 14.1. The van der Waals surface area contributed by atoms with E-state index in [2.05, 4.69) is 160 Å². The number of fused-ring (bicyclic) bond motifs is 12. The van der Waals surface area contributed by atoms with Crippen LogP contribution in [0.15, 0.2) is 192 Å². The first-order valence-electron chi connectivity index (χ1n) is 19.9. The molecule has 0 aliphatic carbocycles. The minimum Gasteiger partial charge on any atom is -0.454 e. The smallest absolute Gasteiger partial charge is 0.160 e. The molecule has 0 N–H and O–H groups in total. The first-order valence-corrected chi connectivity index (χ1v) is 19.9. The third-order valence-electron chi connectivity index (χ3n) is 11.9. The Morgan fingerprint density at radius 2 is 1.00 bits per heavy atom. The van der Waals surface area contributed by atoms with Crippen LogP contribution in [0.2, 0.25) is 0 Å². The molecule has 12 rings (SSSR count). The van der Waals surface area contributed by atoms with Gasteiger partial charge in [-0.2, -0.15) is 10.5 Å². The number of nitriles is 2. The van der Waals surface area contributed by atoms with Crippen molar-refractivity contribution < 1.29 is 4.42 Å². The number of anilines is 3. The van der Waals surface area contributed by atoms with Crippen molar-refractivity contribution in [2.45, 2.75) is 0 Å². The van der Waals surface area contributed by atoms with E-state index >= 15 is 0 Å². The Labute approximate surface area is 343 Å². The van der Waals surface area contributed by atoms with Crippen LogP contribution in [0.3, 0.4) is 0 Å². The maximum atomic E-state index is 11.1. The maximum Gasteiger partial charge on any atom is 0.160 e. The SMILES string of the molecule is N#Cc1cc(-n2c3ccc(N(c4ccccc4)c4ccccc4)cc3c3ccc4c5ccccc5oc4c32)c(C#N)cc1-n1c2ccccc2c2c3ccccc3ccc21. The number of furan rings is 1. The van der Waals surface area contributed by atoms with Gasteiger partial charge in [-0.15, -0.1) is 0 Å². The van der Waals surface area contributed by atoms with Crippen molar-refractivity contribution in [3.05, 3.63) is 199 Å². The summed E-state index contributed by atoms with van der Waals surface area (Å²) in [5, 5.41) is 30.6. The summed E-state index contributed by atoms with van der Waals surface area (Å²) < 4.78 is 11.0. The summed E-state index contributed by atoms with van der Waals surface area (Å²) in [5.41, 5.74) is 10.3. The lowest BCUT2D eigenvalue weighted by Crippen LogP contribution is -2.09. The summed E-state index contributed by atoms with van der Waals surface area (Å²) in [6, 6.07) is 69.3. The first-order chi connectivity index (χ1) is 29.7. The number of nitrogens with zero attached hydrogens (tertiary/aromatic N) is 5. The fraction of sp³-hybridized carbons (Fsp3) is 0. The normalized spacial score (nSPS) is 11.6. The number of benzene rings is 9. The molecule has 6 heteroatoms. The first kappa shape index (κ1) is 33.5. The molecule has 0 atom stereocenters. The molecule has 0 bridgehead atoms. The Morgan fingerprint density at radius 1 is 0.417 bits per heavy atom. The highest BCUT2D eigenvalue weighted by Gasteiger charge is 2.25. The number of aromatic nitrogens is 2. The van der Waals surface area contributed by atoms with Crippen LogP contribution in [0, 0.1) is 22.7 Å². The number of hydrogen-bond donors (Lipinski definition) is 0. The van der Waals surface area contributed by atoms with Gasteiger partial charge in [-0.25, -0.2) is 0 Å². The third-order valence-corrected chi connectivity index (χ3v) is 11.9. The van der Waals surface area contributed by atoms with Gasteiger partial charge < -0.3 is 18.5 Å². The summed E-state index contributed by atoms with van der Waals surface area (Å²) in [6.45, 7) is 0. The fourth-order valence-electron chi connectivity index (χ4n) is 9.38. The molecular weight excluding hydrogens is 735 g/mol. The van der Waals surface area contributed by atoms with Gasteiger partial charge in [0, 0.05) is 49.4 Å². The topological polar surface area (TPSA) is 73.8 Å². The molecule has 0 saturated heterocycles. The van der Waals surface area contributed by atoms with E-state index in [1.54, 1.807) is 0 Å². The van der Waals surface area contributed by atoms with Crippen LogP contribution in [0.4, 0.5) is 17.1 Å². The number of rotatable bonds is 5. The molecule has 60 heavy (non-hydrogen) atoms. The third kappa shape index (κ3) is 4.80. The minimum atomic E-state index is 0.432. The van der Waals surface area contributed by atoms with Crippen molar-refractivity contribution in [3.63, 3.8) is 0 Å². The standard InChI is InChI=1S/C54H31N5O/c55-32-35-30-50(36(33-56)29-49(35)58-46-21-11-9-20-44(46)52-40-18-8-7-13-34(40)23-27-48(52)58)59-47-28-24-39(57(37-14-3-1-4-15-37)38-16-5-2-6-17-38)31-45(47)42-25-26-43-41-19-10-12-22-51(41)60-54(43)53(42)59/h1-31H. The van der Waals surface area contributed by atoms with E-state index in [-0.39, 0.29) is 0 Å². The summed E-state index contributed by atoms with van der Waals surface area (Å²) in [4.78, 5) is 2.25. The van der Waals surface area contributed by atoms with Gasteiger partial charge in [-0.1, -0.05) is 109 Å². The van der Waals surface area contributed by atoms with E-state index in [0.29, 0.717) is 22.5 Å². The van der Waals surface area contributed by atoms with Crippen LogP contribution < -0.4 is 4.90 Å². The molecular formula is C54H31N5O. The highest BCUT2D eigenvalue weighted by Crippen LogP contribution is 2.45. The lowest BCUT2D eigenvalue weighted by molar-refractivity contribution is 0.671. The molecule has 0 aliphatic rings. The Bertz CT molecular complexity index is 3760. The molecule has 0 radical (unpaired) electrons. The molecule has 278 valence electrons. The molecule has 0 aliphatic heterocycles. The van der Waals surface area contributed by atoms with Crippen molar-refractivity contribution in [2.24, 2.45) is 0 Å². The summed E-state index contributed by atoms with van der Waals surface area (Å²) in [6.07, 6.45) is 0. The van der Waals surface area contributed by atoms with Crippen LogP contribution in [-0.4, -0.2) is 9.13 Å². The summed E-state index contributed by atoms with van der Waals surface area (Å²) >= 11 is 0. The van der Waals surface area contributed by atoms with Gasteiger partial charge in [0.1, 0.15) is 17.7 Å². The second-order valence-corrected chi connectivity index (χ2v) is 15.1. The van der Waals surface area contributed by atoms with Crippen molar-refractivity contribution >= 4 is 93.4 Å². The monoisotopic (exact) mass is 765 g/mol. The predicted molar refractivity (Wildman–Crippen MR) is 244 cm³/mol. The van der Waals surface area contributed by atoms with Crippen molar-refractivity contribution in [1.29, 1.82) is 10.5 Å². The molecule has 6 nitrogen and oxygen atoms in total. The Hall–Kier alpha value is -8.58. The minimum absolute atomic E-state index is 0.432. The molecule has 12 aromatic rings. The Balaban J connectivity index is 1.16. The quantitative estimate of drug-likeness (QED) is 0.175. The van der Waals surface area contributed by atoms with Gasteiger partial charge in [0.2, 0.25) is 0 Å². The van der Waals surface area contributed by atoms with E-state index in [0.717, 1.165) is 93.4 Å².